The van der Waals surface area contributed by atoms with E-state index < -0.39 is 0 Å². The number of carbonyl (C=O) groups is 2. The molecule has 21 heavy (non-hydrogen) atoms. The second kappa shape index (κ2) is 5.69. The van der Waals surface area contributed by atoms with Crippen molar-refractivity contribution in [1.29, 1.82) is 0 Å². The molecule has 0 fully saturated rings. The fraction of sp³-hybridized carbons (Fsp3) is 0.188. The first-order valence-corrected chi connectivity index (χ1v) is 7.52. The lowest BCUT2D eigenvalue weighted by atomic mass is 10.1. The van der Waals surface area contributed by atoms with Gasteiger partial charge in [0.25, 0.3) is 0 Å². The summed E-state index contributed by atoms with van der Waals surface area (Å²) < 4.78 is 5.03. The van der Waals surface area contributed by atoms with Gasteiger partial charge in [-0.1, -0.05) is 42.1 Å². The van der Waals surface area contributed by atoms with Crippen molar-refractivity contribution in [3.05, 3.63) is 58.8 Å². The number of pyridine rings is 1. The highest BCUT2D eigenvalue weighted by atomic mass is 32.2. The van der Waals surface area contributed by atoms with Crippen molar-refractivity contribution in [2.24, 2.45) is 0 Å². The first-order chi connectivity index (χ1) is 10.1. The van der Waals surface area contributed by atoms with Crippen LogP contribution in [0.5, 0.6) is 0 Å². The number of benzene rings is 1. The average Bonchev–Trinajstić information content (AvgIpc) is 2.86. The Balaban J connectivity index is 1.80. The number of hydrogen-bond donors (Lipinski definition) is 0. The number of rotatable bonds is 4. The van der Waals surface area contributed by atoms with E-state index >= 15 is 0 Å². The fourth-order valence-electron chi connectivity index (χ4n) is 2.20. The molecule has 1 aromatic carbocycles. The highest BCUT2D eigenvalue weighted by Crippen LogP contribution is 2.30. The first kappa shape index (κ1) is 13.8. The van der Waals surface area contributed by atoms with Crippen LogP contribution in [0.15, 0.2) is 41.4 Å². The summed E-state index contributed by atoms with van der Waals surface area (Å²) in [7, 11) is 0. The van der Waals surface area contributed by atoms with Crippen LogP contribution in [0.1, 0.15) is 32.0 Å². The third-order valence-corrected chi connectivity index (χ3v) is 4.17. The van der Waals surface area contributed by atoms with Gasteiger partial charge < -0.3 is 4.74 Å². The molecule has 3 rings (SSSR count). The molecule has 4 nitrogen and oxygen atoms in total. The Kier molecular flexibility index (Phi) is 3.75. The summed E-state index contributed by atoms with van der Waals surface area (Å²) in [5, 5.41) is 0.580. The zero-order chi connectivity index (χ0) is 14.8. The van der Waals surface area contributed by atoms with Gasteiger partial charge >= 0.3 is 5.97 Å². The maximum Gasteiger partial charge on any atom is 0.341 e. The van der Waals surface area contributed by atoms with Crippen LogP contribution in [0, 0.1) is 6.92 Å². The minimum Gasteiger partial charge on any atom is -0.457 e. The van der Waals surface area contributed by atoms with Crippen LogP contribution >= 0.6 is 11.8 Å². The van der Waals surface area contributed by atoms with Gasteiger partial charge in [-0.2, -0.15) is 0 Å². The first-order valence-electron chi connectivity index (χ1n) is 6.54. The van der Waals surface area contributed by atoms with Crippen molar-refractivity contribution in [2.75, 3.05) is 5.75 Å². The number of ether oxygens (including phenoxy) is 1. The molecule has 1 aliphatic heterocycles. The molecule has 0 atom stereocenters. The monoisotopic (exact) mass is 299 g/mol. The summed E-state index contributed by atoms with van der Waals surface area (Å²) in [6, 6.07) is 10.9. The number of hydrogen-bond acceptors (Lipinski definition) is 5. The number of esters is 1. The average molecular weight is 299 g/mol. The van der Waals surface area contributed by atoms with E-state index in [0.717, 1.165) is 11.3 Å². The van der Waals surface area contributed by atoms with E-state index in [9.17, 15) is 9.59 Å². The minimum absolute atomic E-state index is 0.0176. The number of thioether (sulfide) groups is 1. The van der Waals surface area contributed by atoms with Crippen molar-refractivity contribution >= 4 is 23.5 Å². The van der Waals surface area contributed by atoms with Crippen LogP contribution in [-0.4, -0.2) is 22.5 Å². The Bertz CT molecular complexity index is 713. The van der Waals surface area contributed by atoms with Gasteiger partial charge in [0.1, 0.15) is 11.6 Å². The van der Waals surface area contributed by atoms with Crippen LogP contribution in [0.3, 0.4) is 0 Å². The molecule has 2 heterocycles. The lowest BCUT2D eigenvalue weighted by Gasteiger charge is -2.06. The zero-order valence-electron chi connectivity index (χ0n) is 11.5. The van der Waals surface area contributed by atoms with Crippen LogP contribution in [0.4, 0.5) is 0 Å². The van der Waals surface area contributed by atoms with Gasteiger partial charge in [0.2, 0.25) is 0 Å². The van der Waals surface area contributed by atoms with Crippen LogP contribution in [0.2, 0.25) is 0 Å². The Morgan fingerprint density at radius 3 is 2.86 bits per heavy atom. The Morgan fingerprint density at radius 2 is 2.10 bits per heavy atom. The molecule has 1 aliphatic rings. The van der Waals surface area contributed by atoms with Crippen LogP contribution in [-0.2, 0) is 11.3 Å². The van der Waals surface area contributed by atoms with Gasteiger partial charge in [0.15, 0.2) is 5.78 Å². The maximum absolute atomic E-state index is 12.1. The van der Waals surface area contributed by atoms with E-state index in [1.807, 2.05) is 31.2 Å². The predicted octanol–water partition coefficient (Wildman–Crippen LogP) is 3.04. The normalized spacial score (nSPS) is 12.9. The number of fused-ring (bicyclic) bond motifs is 1. The molecule has 0 aliphatic carbocycles. The van der Waals surface area contributed by atoms with Gasteiger partial charge in [-0.3, -0.25) is 4.79 Å². The molecular weight excluding hydrogens is 286 g/mol. The standard InChI is InChI=1S/C16H13NO3S/c1-10-7-12-8-20-16(19)14(12)15(17-10)21-9-13(18)11-5-3-2-4-6-11/h2-7H,8-9H2,1H3. The number of aryl methyl sites for hydroxylation is 1. The SMILES string of the molecule is Cc1cc2c(c(SCC(=O)c3ccccc3)n1)C(=O)OC2. The van der Waals surface area contributed by atoms with E-state index in [1.165, 1.54) is 11.8 Å². The summed E-state index contributed by atoms with van der Waals surface area (Å²) >= 11 is 1.29. The lowest BCUT2D eigenvalue weighted by molar-refractivity contribution is 0.0532. The largest absolute Gasteiger partial charge is 0.457 e. The number of Topliss-reactive ketones (excluding diaryl/α,β-unsaturated/α-hetero) is 1. The summed E-state index contributed by atoms with van der Waals surface area (Å²) in [5.41, 5.74) is 2.84. The van der Waals surface area contributed by atoms with E-state index in [0.29, 0.717) is 16.2 Å². The number of carbonyl (C=O) groups excluding carboxylic acids is 2. The van der Waals surface area contributed by atoms with Gasteiger partial charge in [0.05, 0.1) is 11.3 Å². The van der Waals surface area contributed by atoms with Crippen LogP contribution in [0.25, 0.3) is 0 Å². The fourth-order valence-corrected chi connectivity index (χ4v) is 3.21. The third-order valence-electron chi connectivity index (χ3n) is 3.19. The molecule has 2 aromatic rings. The molecule has 5 heteroatoms. The van der Waals surface area contributed by atoms with Crippen molar-refractivity contribution in [3.63, 3.8) is 0 Å². The van der Waals surface area contributed by atoms with Crippen molar-refractivity contribution in [1.82, 2.24) is 4.98 Å². The zero-order valence-corrected chi connectivity index (χ0v) is 12.3. The second-order valence-electron chi connectivity index (χ2n) is 4.76. The van der Waals surface area contributed by atoms with Crippen molar-refractivity contribution < 1.29 is 14.3 Å². The molecule has 0 unspecified atom stereocenters. The van der Waals surface area contributed by atoms with Crippen molar-refractivity contribution in [3.8, 4) is 0 Å². The minimum atomic E-state index is -0.354. The highest BCUT2D eigenvalue weighted by molar-refractivity contribution is 8.00. The highest BCUT2D eigenvalue weighted by Gasteiger charge is 2.27. The number of cyclic esters (lactones) is 1. The molecule has 0 spiro atoms. The number of nitrogens with zero attached hydrogens (tertiary/aromatic N) is 1. The Labute approximate surface area is 126 Å². The number of aromatic nitrogens is 1. The molecule has 1 aromatic heterocycles. The van der Waals surface area contributed by atoms with Gasteiger partial charge in [0, 0.05) is 16.8 Å². The van der Waals surface area contributed by atoms with E-state index in [-0.39, 0.29) is 24.1 Å². The lowest BCUT2D eigenvalue weighted by Crippen LogP contribution is -2.05. The molecule has 0 saturated carbocycles. The molecule has 106 valence electrons. The topological polar surface area (TPSA) is 56.3 Å². The summed E-state index contributed by atoms with van der Waals surface area (Å²) in [5.74, 6) is -0.0867. The molecule has 0 amide bonds. The molecule has 0 radical (unpaired) electrons. The molecule has 0 saturated heterocycles. The second-order valence-corrected chi connectivity index (χ2v) is 5.72. The summed E-state index contributed by atoms with van der Waals surface area (Å²) in [4.78, 5) is 28.2. The summed E-state index contributed by atoms with van der Waals surface area (Å²) in [6.45, 7) is 2.16. The van der Waals surface area contributed by atoms with E-state index in [2.05, 4.69) is 4.98 Å². The smallest absolute Gasteiger partial charge is 0.341 e. The van der Waals surface area contributed by atoms with E-state index in [4.69, 9.17) is 4.74 Å². The predicted molar refractivity (Wildman–Crippen MR) is 79.6 cm³/mol. The van der Waals surface area contributed by atoms with Gasteiger partial charge in [-0.15, -0.1) is 0 Å². The van der Waals surface area contributed by atoms with Gasteiger partial charge in [-0.25, -0.2) is 9.78 Å². The Morgan fingerprint density at radius 1 is 1.33 bits per heavy atom. The molecule has 0 bridgehead atoms. The number of ketones is 1. The molecular formula is C16H13NO3S. The van der Waals surface area contributed by atoms with Crippen LogP contribution < -0.4 is 0 Å². The molecule has 0 N–H and O–H groups in total. The third kappa shape index (κ3) is 2.83. The van der Waals surface area contributed by atoms with Crippen molar-refractivity contribution in [2.45, 2.75) is 18.6 Å². The van der Waals surface area contributed by atoms with Gasteiger partial charge in [-0.05, 0) is 13.0 Å². The summed E-state index contributed by atoms with van der Waals surface area (Å²) in [6.07, 6.45) is 0. The van der Waals surface area contributed by atoms with E-state index in [1.54, 1.807) is 12.1 Å². The quantitative estimate of drug-likeness (QED) is 0.493. The Hall–Kier alpha value is -2.14. The maximum atomic E-state index is 12.1.